The number of hydrogen-bond donors (Lipinski definition) is 2. The fourth-order valence-electron chi connectivity index (χ4n) is 4.66. The highest BCUT2D eigenvalue weighted by molar-refractivity contribution is 5.61. The predicted molar refractivity (Wildman–Crippen MR) is 138 cm³/mol. The Bertz CT molecular complexity index is 809. The van der Waals surface area contributed by atoms with E-state index in [0.29, 0.717) is 29.6 Å². The molecular formula is C29H46N2. The minimum Gasteiger partial charge on any atom is -0.382 e. The Hall–Kier alpha value is -1.80. The van der Waals surface area contributed by atoms with E-state index >= 15 is 0 Å². The second-order valence-corrected chi connectivity index (χ2v) is 10.8. The second-order valence-electron chi connectivity index (χ2n) is 10.8. The fraction of sp³-hybridized carbons (Fsp3) is 0.586. The topological polar surface area (TPSA) is 38.0 Å². The fourth-order valence-corrected chi connectivity index (χ4v) is 4.66. The zero-order valence-electron chi connectivity index (χ0n) is 21.6. The number of hydrogen-bond acceptors (Lipinski definition) is 2. The first-order chi connectivity index (χ1) is 14.4. The summed E-state index contributed by atoms with van der Waals surface area (Å²) in [6.07, 6.45) is 0. The van der Waals surface area contributed by atoms with Gasteiger partial charge in [0.1, 0.15) is 0 Å². The molecule has 0 aliphatic heterocycles. The van der Waals surface area contributed by atoms with Gasteiger partial charge in [0.2, 0.25) is 0 Å². The third kappa shape index (κ3) is 5.34. The minimum atomic E-state index is -0.460. The molecule has 0 saturated heterocycles. The molecule has 2 nitrogen and oxygen atoms in total. The Morgan fingerprint density at radius 3 is 1.32 bits per heavy atom. The summed E-state index contributed by atoms with van der Waals surface area (Å²) in [5.74, 6) is 2.09. The number of nitrogens with one attached hydrogen (secondary N) is 1. The van der Waals surface area contributed by atoms with Crippen LogP contribution in [0, 0.1) is 5.92 Å². The Kier molecular flexibility index (Phi) is 8.39. The highest BCUT2D eigenvalue weighted by Crippen LogP contribution is 2.40. The molecule has 172 valence electrons. The van der Waals surface area contributed by atoms with Gasteiger partial charge in [0.15, 0.2) is 0 Å². The van der Waals surface area contributed by atoms with Gasteiger partial charge in [0, 0.05) is 12.2 Å². The molecule has 2 aromatic carbocycles. The van der Waals surface area contributed by atoms with E-state index in [0.717, 1.165) is 6.54 Å². The summed E-state index contributed by atoms with van der Waals surface area (Å²) in [5, 5.41) is 3.87. The maximum atomic E-state index is 7.38. The van der Waals surface area contributed by atoms with Crippen LogP contribution in [0.1, 0.15) is 121 Å². The van der Waals surface area contributed by atoms with Gasteiger partial charge >= 0.3 is 0 Å². The molecule has 0 radical (unpaired) electrons. The second kappa shape index (κ2) is 10.2. The van der Waals surface area contributed by atoms with E-state index < -0.39 is 5.54 Å². The molecule has 2 aromatic rings. The van der Waals surface area contributed by atoms with Crippen molar-refractivity contribution >= 4 is 5.69 Å². The van der Waals surface area contributed by atoms with Gasteiger partial charge in [0.25, 0.3) is 0 Å². The van der Waals surface area contributed by atoms with Gasteiger partial charge < -0.3 is 11.1 Å². The van der Waals surface area contributed by atoms with Crippen LogP contribution in [0.15, 0.2) is 36.4 Å². The van der Waals surface area contributed by atoms with E-state index in [-0.39, 0.29) is 0 Å². The minimum absolute atomic E-state index is 0.297. The molecule has 2 heteroatoms. The highest BCUT2D eigenvalue weighted by Gasteiger charge is 2.36. The summed E-state index contributed by atoms with van der Waals surface area (Å²) < 4.78 is 0. The average Bonchev–Trinajstić information content (AvgIpc) is 2.70. The molecular weight excluding hydrogens is 376 g/mol. The lowest BCUT2D eigenvalue weighted by Crippen LogP contribution is -2.49. The zero-order chi connectivity index (χ0) is 23.5. The molecule has 0 heterocycles. The largest absolute Gasteiger partial charge is 0.382 e. The van der Waals surface area contributed by atoms with Crippen molar-refractivity contribution in [1.29, 1.82) is 0 Å². The lowest BCUT2D eigenvalue weighted by atomic mass is 9.72. The molecule has 0 amide bonds. The Labute approximate surface area is 192 Å². The Morgan fingerprint density at radius 2 is 1.00 bits per heavy atom. The molecule has 0 spiro atoms. The van der Waals surface area contributed by atoms with Crippen molar-refractivity contribution in [2.75, 3.05) is 11.9 Å². The van der Waals surface area contributed by atoms with Crippen LogP contribution in [0.4, 0.5) is 5.69 Å². The van der Waals surface area contributed by atoms with Crippen molar-refractivity contribution < 1.29 is 0 Å². The van der Waals surface area contributed by atoms with Gasteiger partial charge in [-0.2, -0.15) is 0 Å². The lowest BCUT2D eigenvalue weighted by molar-refractivity contribution is 0.329. The number of rotatable bonds is 9. The van der Waals surface area contributed by atoms with Crippen molar-refractivity contribution in [2.24, 2.45) is 11.7 Å². The molecule has 0 aromatic heterocycles. The molecule has 0 aliphatic rings. The zero-order valence-corrected chi connectivity index (χ0v) is 21.6. The first kappa shape index (κ1) is 25.5. The van der Waals surface area contributed by atoms with Crippen molar-refractivity contribution in [3.05, 3.63) is 64.2 Å². The van der Waals surface area contributed by atoms with Crippen LogP contribution in [0.3, 0.4) is 0 Å². The molecule has 31 heavy (non-hydrogen) atoms. The summed E-state index contributed by atoms with van der Waals surface area (Å²) in [5.41, 5.74) is 15.0. The van der Waals surface area contributed by atoms with E-state index in [1.807, 2.05) is 0 Å². The van der Waals surface area contributed by atoms with Crippen LogP contribution in [-0.2, 0) is 5.54 Å². The van der Waals surface area contributed by atoms with Crippen LogP contribution >= 0.6 is 0 Å². The Morgan fingerprint density at radius 1 is 0.645 bits per heavy atom. The summed E-state index contributed by atoms with van der Waals surface area (Å²) in [7, 11) is 0. The summed E-state index contributed by atoms with van der Waals surface area (Å²) in [4.78, 5) is 0. The molecule has 0 aliphatic carbocycles. The lowest BCUT2D eigenvalue weighted by Gasteiger charge is -2.40. The van der Waals surface area contributed by atoms with Gasteiger partial charge in [-0.3, -0.25) is 0 Å². The van der Waals surface area contributed by atoms with E-state index in [4.69, 9.17) is 5.73 Å². The summed E-state index contributed by atoms with van der Waals surface area (Å²) in [6.45, 7) is 23.5. The quantitative estimate of drug-likeness (QED) is 0.428. The third-order valence-corrected chi connectivity index (χ3v) is 6.80. The van der Waals surface area contributed by atoms with Crippen LogP contribution in [0.2, 0.25) is 0 Å². The van der Waals surface area contributed by atoms with Crippen molar-refractivity contribution in [1.82, 2.24) is 0 Å². The van der Waals surface area contributed by atoms with Crippen molar-refractivity contribution in [3.8, 4) is 0 Å². The Balaban J connectivity index is 2.63. The number of nitrogens with two attached hydrogens (primary N) is 1. The van der Waals surface area contributed by atoms with Gasteiger partial charge in [-0.25, -0.2) is 0 Å². The predicted octanol–water partition coefficient (Wildman–Crippen LogP) is 8.10. The van der Waals surface area contributed by atoms with E-state index in [1.165, 1.54) is 33.5 Å². The van der Waals surface area contributed by atoms with Crippen LogP contribution in [0.5, 0.6) is 0 Å². The van der Waals surface area contributed by atoms with E-state index in [9.17, 15) is 0 Å². The highest BCUT2D eigenvalue weighted by atomic mass is 15.0. The SMILES string of the molecule is CC(C)c1cccc(C(C)C)c1NCC(N)(c1c(C(C)C)cccc1C(C)C)C(C)C. The molecule has 1 unspecified atom stereocenters. The third-order valence-electron chi connectivity index (χ3n) is 6.80. The van der Waals surface area contributed by atoms with E-state index in [2.05, 4.69) is 111 Å². The molecule has 0 fully saturated rings. The van der Waals surface area contributed by atoms with Gasteiger partial charge in [-0.05, 0) is 57.4 Å². The normalized spacial score (nSPS) is 14.2. The first-order valence-electron chi connectivity index (χ1n) is 12.2. The molecule has 0 bridgehead atoms. The summed E-state index contributed by atoms with van der Waals surface area (Å²) in [6, 6.07) is 13.5. The molecule has 1 atom stereocenters. The van der Waals surface area contributed by atoms with Gasteiger partial charge in [-0.1, -0.05) is 106 Å². The number of benzene rings is 2. The van der Waals surface area contributed by atoms with Crippen LogP contribution in [-0.4, -0.2) is 6.54 Å². The van der Waals surface area contributed by atoms with Crippen LogP contribution < -0.4 is 11.1 Å². The van der Waals surface area contributed by atoms with Crippen LogP contribution in [0.25, 0.3) is 0 Å². The monoisotopic (exact) mass is 422 g/mol. The summed E-state index contributed by atoms with van der Waals surface area (Å²) >= 11 is 0. The first-order valence-corrected chi connectivity index (χ1v) is 12.2. The molecule has 2 rings (SSSR count). The van der Waals surface area contributed by atoms with Crippen molar-refractivity contribution in [3.63, 3.8) is 0 Å². The van der Waals surface area contributed by atoms with Gasteiger partial charge in [0.05, 0.1) is 5.54 Å². The van der Waals surface area contributed by atoms with Gasteiger partial charge in [-0.15, -0.1) is 0 Å². The van der Waals surface area contributed by atoms with Crippen molar-refractivity contribution in [2.45, 2.75) is 98.4 Å². The number of anilines is 1. The maximum absolute atomic E-state index is 7.38. The number of para-hydroxylation sites is 1. The molecule has 3 N–H and O–H groups in total. The molecule has 0 saturated carbocycles. The van der Waals surface area contributed by atoms with E-state index in [1.54, 1.807) is 0 Å². The standard InChI is InChI=1S/C29H46N2/c1-18(2)23-13-11-14-24(19(3)4)27(23)29(30,22(9)10)17-31-28-25(20(5)6)15-12-16-26(28)21(7)8/h11-16,18-22,31H,17,30H2,1-10H3. The smallest absolute Gasteiger partial charge is 0.0613 e. The maximum Gasteiger partial charge on any atom is 0.0613 e. The average molecular weight is 423 g/mol.